The molecular formula is C10H17N3O2. The van der Waals surface area contributed by atoms with Crippen molar-refractivity contribution in [3.63, 3.8) is 0 Å². The molecule has 15 heavy (non-hydrogen) atoms. The quantitative estimate of drug-likeness (QED) is 0.772. The van der Waals surface area contributed by atoms with Crippen LogP contribution in [-0.2, 0) is 0 Å². The van der Waals surface area contributed by atoms with Crippen LogP contribution in [-0.4, -0.2) is 21.8 Å². The van der Waals surface area contributed by atoms with Crippen LogP contribution in [0.5, 0.6) is 0 Å². The van der Waals surface area contributed by atoms with Crippen LogP contribution in [0.3, 0.4) is 0 Å². The van der Waals surface area contributed by atoms with Crippen LogP contribution in [0, 0.1) is 0 Å². The minimum absolute atomic E-state index is 0.184. The van der Waals surface area contributed by atoms with E-state index in [4.69, 9.17) is 4.52 Å². The van der Waals surface area contributed by atoms with Gasteiger partial charge >= 0.3 is 0 Å². The van der Waals surface area contributed by atoms with Gasteiger partial charge in [-0.3, -0.25) is 0 Å². The van der Waals surface area contributed by atoms with Crippen molar-refractivity contribution in [1.82, 2.24) is 15.5 Å². The lowest BCUT2D eigenvalue weighted by atomic mass is 10.1. The van der Waals surface area contributed by atoms with E-state index in [-0.39, 0.29) is 6.04 Å². The van der Waals surface area contributed by atoms with Crippen LogP contribution in [0.25, 0.3) is 0 Å². The van der Waals surface area contributed by atoms with Gasteiger partial charge in [0.2, 0.25) is 0 Å². The number of nitrogens with zero attached hydrogens (tertiary/aromatic N) is 2. The summed E-state index contributed by atoms with van der Waals surface area (Å²) >= 11 is 0. The zero-order valence-corrected chi connectivity index (χ0v) is 8.94. The lowest BCUT2D eigenvalue weighted by Gasteiger charge is -2.09. The number of hydrogen-bond donors (Lipinski definition) is 2. The van der Waals surface area contributed by atoms with E-state index in [1.807, 2.05) is 0 Å². The molecule has 1 aromatic heterocycles. The number of hydrogen-bond acceptors (Lipinski definition) is 5. The summed E-state index contributed by atoms with van der Waals surface area (Å²) in [6, 6.07) is 0.184. The molecule has 1 aromatic rings. The van der Waals surface area contributed by atoms with E-state index in [0.717, 1.165) is 13.0 Å². The molecule has 2 unspecified atom stereocenters. The van der Waals surface area contributed by atoms with Gasteiger partial charge in [0.1, 0.15) is 6.10 Å². The summed E-state index contributed by atoms with van der Waals surface area (Å²) < 4.78 is 4.97. The van der Waals surface area contributed by atoms with Gasteiger partial charge in [0, 0.05) is 0 Å². The first-order valence-electron chi connectivity index (χ1n) is 5.52. The molecule has 5 nitrogen and oxygen atoms in total. The zero-order chi connectivity index (χ0) is 10.7. The third kappa shape index (κ3) is 2.54. The molecule has 84 valence electrons. The van der Waals surface area contributed by atoms with Gasteiger partial charge in [0.15, 0.2) is 5.82 Å². The Bertz CT molecular complexity index is 303. The monoisotopic (exact) mass is 211 g/mol. The van der Waals surface area contributed by atoms with Crippen molar-refractivity contribution >= 4 is 0 Å². The summed E-state index contributed by atoms with van der Waals surface area (Å²) in [6.45, 7) is 2.63. The molecule has 2 heterocycles. The van der Waals surface area contributed by atoms with Gasteiger partial charge in [0.05, 0.1) is 6.04 Å². The third-order valence-electron chi connectivity index (χ3n) is 2.69. The van der Waals surface area contributed by atoms with Crippen molar-refractivity contribution in [2.24, 2.45) is 0 Å². The van der Waals surface area contributed by atoms with Crippen molar-refractivity contribution in [2.45, 2.75) is 44.8 Å². The second kappa shape index (κ2) is 4.72. The largest absolute Gasteiger partial charge is 0.384 e. The second-order valence-electron chi connectivity index (χ2n) is 4.02. The van der Waals surface area contributed by atoms with Gasteiger partial charge in [-0.1, -0.05) is 18.0 Å². The van der Waals surface area contributed by atoms with Gasteiger partial charge < -0.3 is 14.9 Å². The molecule has 2 rings (SSSR count). The first-order chi connectivity index (χ1) is 7.27. The first kappa shape index (κ1) is 10.6. The Morgan fingerprint density at radius 1 is 1.47 bits per heavy atom. The predicted molar refractivity (Wildman–Crippen MR) is 54.1 cm³/mol. The standard InChI is InChI=1S/C10H17N3O2/c1-7(14)10-12-9(13-15-10)8-5-3-2-4-6-11-8/h7-8,11,14H,2-6H2,1H3. The summed E-state index contributed by atoms with van der Waals surface area (Å²) in [4.78, 5) is 4.18. The molecule has 1 fully saturated rings. The maximum Gasteiger partial charge on any atom is 0.255 e. The SMILES string of the molecule is CC(O)c1nc(C2CCCCCN2)no1. The van der Waals surface area contributed by atoms with Crippen molar-refractivity contribution in [2.75, 3.05) is 6.54 Å². The molecule has 0 aliphatic carbocycles. The average Bonchev–Trinajstić information content (AvgIpc) is 2.55. The van der Waals surface area contributed by atoms with Gasteiger partial charge in [-0.2, -0.15) is 4.98 Å². The normalized spacial score (nSPS) is 24.8. The Kier molecular flexibility index (Phi) is 3.33. The molecule has 2 atom stereocenters. The minimum atomic E-state index is -0.683. The molecule has 1 aliphatic rings. The van der Waals surface area contributed by atoms with Gasteiger partial charge in [-0.25, -0.2) is 0 Å². The van der Waals surface area contributed by atoms with Crippen LogP contribution in [0.4, 0.5) is 0 Å². The highest BCUT2D eigenvalue weighted by atomic mass is 16.5. The van der Waals surface area contributed by atoms with E-state index in [1.165, 1.54) is 19.3 Å². The molecule has 1 saturated heterocycles. The first-order valence-corrected chi connectivity index (χ1v) is 5.52. The van der Waals surface area contributed by atoms with E-state index < -0.39 is 6.10 Å². The summed E-state index contributed by atoms with van der Waals surface area (Å²) in [5.74, 6) is 0.976. The average molecular weight is 211 g/mol. The number of aliphatic hydroxyl groups excluding tert-OH is 1. The fourth-order valence-corrected chi connectivity index (χ4v) is 1.81. The number of aliphatic hydroxyl groups is 1. The van der Waals surface area contributed by atoms with Crippen LogP contribution in [0.2, 0.25) is 0 Å². The van der Waals surface area contributed by atoms with Crippen molar-refractivity contribution in [3.05, 3.63) is 11.7 Å². The fraction of sp³-hybridized carbons (Fsp3) is 0.800. The second-order valence-corrected chi connectivity index (χ2v) is 4.02. The number of aromatic nitrogens is 2. The lowest BCUT2D eigenvalue weighted by molar-refractivity contribution is 0.151. The fourth-order valence-electron chi connectivity index (χ4n) is 1.81. The van der Waals surface area contributed by atoms with Crippen molar-refractivity contribution in [3.8, 4) is 0 Å². The minimum Gasteiger partial charge on any atom is -0.384 e. The summed E-state index contributed by atoms with van der Waals surface area (Å²) in [5, 5.41) is 16.6. The number of rotatable bonds is 2. The highest BCUT2D eigenvalue weighted by Crippen LogP contribution is 2.21. The molecule has 0 bridgehead atoms. The molecular weight excluding hydrogens is 194 g/mol. The van der Waals surface area contributed by atoms with E-state index in [1.54, 1.807) is 6.92 Å². The van der Waals surface area contributed by atoms with Gasteiger partial charge in [-0.15, -0.1) is 0 Å². The van der Waals surface area contributed by atoms with Crippen LogP contribution in [0.1, 0.15) is 56.5 Å². The molecule has 0 amide bonds. The summed E-state index contributed by atoms with van der Waals surface area (Å²) in [6.07, 6.45) is 4.01. The van der Waals surface area contributed by atoms with Crippen molar-refractivity contribution < 1.29 is 9.63 Å². The Morgan fingerprint density at radius 3 is 3.07 bits per heavy atom. The topological polar surface area (TPSA) is 71.2 Å². The Morgan fingerprint density at radius 2 is 2.33 bits per heavy atom. The maximum atomic E-state index is 9.27. The van der Waals surface area contributed by atoms with Crippen LogP contribution < -0.4 is 5.32 Å². The molecule has 2 N–H and O–H groups in total. The Labute approximate surface area is 88.9 Å². The van der Waals surface area contributed by atoms with Crippen LogP contribution >= 0.6 is 0 Å². The van der Waals surface area contributed by atoms with Gasteiger partial charge in [0.25, 0.3) is 5.89 Å². The summed E-state index contributed by atoms with van der Waals surface area (Å²) in [7, 11) is 0. The smallest absolute Gasteiger partial charge is 0.255 e. The Balaban J connectivity index is 2.06. The van der Waals surface area contributed by atoms with E-state index in [9.17, 15) is 5.11 Å². The molecule has 0 saturated carbocycles. The van der Waals surface area contributed by atoms with E-state index >= 15 is 0 Å². The van der Waals surface area contributed by atoms with E-state index in [0.29, 0.717) is 11.7 Å². The predicted octanol–water partition coefficient (Wildman–Crippen LogP) is 1.33. The Hall–Kier alpha value is -0.940. The number of nitrogens with one attached hydrogen (secondary N) is 1. The molecule has 1 aliphatic heterocycles. The third-order valence-corrected chi connectivity index (χ3v) is 2.69. The highest BCUT2D eigenvalue weighted by Gasteiger charge is 2.20. The van der Waals surface area contributed by atoms with E-state index in [2.05, 4.69) is 15.5 Å². The summed E-state index contributed by atoms with van der Waals surface area (Å²) in [5.41, 5.74) is 0. The lowest BCUT2D eigenvalue weighted by Crippen LogP contribution is -2.21. The highest BCUT2D eigenvalue weighted by molar-refractivity contribution is 4.96. The molecule has 5 heteroatoms. The maximum absolute atomic E-state index is 9.27. The van der Waals surface area contributed by atoms with Gasteiger partial charge in [-0.05, 0) is 26.3 Å². The molecule has 0 spiro atoms. The zero-order valence-electron chi connectivity index (χ0n) is 8.94. The molecule has 0 aromatic carbocycles. The van der Waals surface area contributed by atoms with Crippen LogP contribution in [0.15, 0.2) is 4.52 Å². The molecule has 0 radical (unpaired) electrons. The van der Waals surface area contributed by atoms with Crippen molar-refractivity contribution in [1.29, 1.82) is 0 Å².